The van der Waals surface area contributed by atoms with Gasteiger partial charge < -0.3 is 5.11 Å². The van der Waals surface area contributed by atoms with Crippen molar-refractivity contribution >= 4 is 17.2 Å². The molecule has 0 fully saturated rings. The highest BCUT2D eigenvalue weighted by Crippen LogP contribution is 2.32. The number of allylic oxidation sites excluding steroid dienone is 2. The molecule has 0 unspecified atom stereocenters. The van der Waals surface area contributed by atoms with Gasteiger partial charge in [0.15, 0.2) is 0 Å². The smallest absolute Gasteiger partial charge is 0.0846 e. The van der Waals surface area contributed by atoms with Gasteiger partial charge in [-0.2, -0.15) is 0 Å². The second-order valence-electron chi connectivity index (χ2n) is 4.44. The fourth-order valence-corrected chi connectivity index (χ4v) is 1.75. The Bertz CT molecular complexity index is 425. The van der Waals surface area contributed by atoms with Gasteiger partial charge in [0.25, 0.3) is 0 Å². The van der Waals surface area contributed by atoms with Crippen LogP contribution in [0.3, 0.4) is 0 Å². The van der Waals surface area contributed by atoms with Crippen molar-refractivity contribution < 1.29 is 5.11 Å². The monoisotopic (exact) mass is 236 g/mol. The van der Waals surface area contributed by atoms with Crippen molar-refractivity contribution in [2.75, 3.05) is 0 Å². The van der Waals surface area contributed by atoms with E-state index in [9.17, 15) is 5.11 Å². The van der Waals surface area contributed by atoms with E-state index in [4.69, 9.17) is 11.6 Å². The molecule has 1 aromatic carbocycles. The SMILES string of the molecule is C=C(C)/C=C(/c1ccccc1Cl)C(C)(C)O. The van der Waals surface area contributed by atoms with E-state index < -0.39 is 5.60 Å². The average Bonchev–Trinajstić information content (AvgIpc) is 2.13. The molecule has 2 heteroatoms. The molecular formula is C14H17ClO. The van der Waals surface area contributed by atoms with Crippen molar-refractivity contribution in [3.05, 3.63) is 53.1 Å². The lowest BCUT2D eigenvalue weighted by atomic mass is 9.90. The minimum atomic E-state index is -0.941. The predicted molar refractivity (Wildman–Crippen MR) is 70.5 cm³/mol. The molecule has 1 N–H and O–H groups in total. The molecule has 0 radical (unpaired) electrons. The molecule has 86 valence electrons. The molecule has 0 amide bonds. The zero-order chi connectivity index (χ0) is 12.3. The molecule has 0 saturated heterocycles. The number of hydrogen-bond donors (Lipinski definition) is 1. The molecule has 0 aliphatic rings. The van der Waals surface area contributed by atoms with Crippen LogP contribution in [0.4, 0.5) is 0 Å². The summed E-state index contributed by atoms with van der Waals surface area (Å²) in [4.78, 5) is 0. The Morgan fingerprint density at radius 3 is 2.38 bits per heavy atom. The molecule has 16 heavy (non-hydrogen) atoms. The van der Waals surface area contributed by atoms with E-state index in [0.717, 1.165) is 16.7 Å². The number of benzene rings is 1. The molecule has 0 atom stereocenters. The van der Waals surface area contributed by atoms with Crippen molar-refractivity contribution in [2.24, 2.45) is 0 Å². The lowest BCUT2D eigenvalue weighted by molar-refractivity contribution is 0.144. The zero-order valence-electron chi connectivity index (χ0n) is 9.92. The first-order valence-electron chi connectivity index (χ1n) is 5.17. The van der Waals surface area contributed by atoms with Gasteiger partial charge in [-0.05, 0) is 38.0 Å². The normalized spacial score (nSPS) is 12.7. The molecule has 0 aliphatic carbocycles. The lowest BCUT2D eigenvalue weighted by Gasteiger charge is -2.23. The number of aliphatic hydroxyl groups is 1. The van der Waals surface area contributed by atoms with Crippen molar-refractivity contribution in [3.8, 4) is 0 Å². The molecule has 1 aromatic rings. The summed E-state index contributed by atoms with van der Waals surface area (Å²) in [5.74, 6) is 0. The molecule has 0 saturated carbocycles. The van der Waals surface area contributed by atoms with Crippen molar-refractivity contribution in [2.45, 2.75) is 26.4 Å². The fraction of sp³-hybridized carbons (Fsp3) is 0.286. The second-order valence-corrected chi connectivity index (χ2v) is 4.85. The van der Waals surface area contributed by atoms with Crippen LogP contribution in [0.15, 0.2) is 42.5 Å². The number of hydrogen-bond acceptors (Lipinski definition) is 1. The number of halogens is 1. The molecule has 0 aliphatic heterocycles. The molecule has 0 spiro atoms. The van der Waals surface area contributed by atoms with E-state index in [1.54, 1.807) is 13.8 Å². The summed E-state index contributed by atoms with van der Waals surface area (Å²) in [5.41, 5.74) is 1.58. The summed E-state index contributed by atoms with van der Waals surface area (Å²) in [6, 6.07) is 7.48. The maximum atomic E-state index is 10.1. The van der Waals surface area contributed by atoms with Gasteiger partial charge in [0.05, 0.1) is 5.60 Å². The number of rotatable bonds is 3. The van der Waals surface area contributed by atoms with E-state index in [1.807, 2.05) is 37.3 Å². The molecule has 1 nitrogen and oxygen atoms in total. The Kier molecular flexibility index (Phi) is 3.95. The Hall–Kier alpha value is -1.05. The van der Waals surface area contributed by atoms with Gasteiger partial charge in [-0.25, -0.2) is 0 Å². The minimum Gasteiger partial charge on any atom is -0.386 e. The van der Waals surface area contributed by atoms with Gasteiger partial charge >= 0.3 is 0 Å². The van der Waals surface area contributed by atoms with Crippen LogP contribution < -0.4 is 0 Å². The van der Waals surface area contributed by atoms with Gasteiger partial charge in [0.2, 0.25) is 0 Å². The fourth-order valence-electron chi connectivity index (χ4n) is 1.51. The first kappa shape index (κ1) is 13.0. The average molecular weight is 237 g/mol. The quantitative estimate of drug-likeness (QED) is 0.785. The first-order chi connectivity index (χ1) is 7.32. The highest BCUT2D eigenvalue weighted by atomic mass is 35.5. The summed E-state index contributed by atoms with van der Waals surface area (Å²) in [7, 11) is 0. The van der Waals surface area contributed by atoms with E-state index >= 15 is 0 Å². The Balaban J connectivity index is 3.34. The molecule has 1 rings (SSSR count). The lowest BCUT2D eigenvalue weighted by Crippen LogP contribution is -2.21. The third kappa shape index (κ3) is 3.22. The summed E-state index contributed by atoms with van der Waals surface area (Å²) < 4.78 is 0. The second kappa shape index (κ2) is 4.86. The van der Waals surface area contributed by atoms with Crippen LogP contribution in [-0.4, -0.2) is 10.7 Å². The summed E-state index contributed by atoms with van der Waals surface area (Å²) >= 11 is 6.13. The van der Waals surface area contributed by atoms with Crippen LogP contribution in [0, 0.1) is 0 Å². The third-order valence-electron chi connectivity index (χ3n) is 2.21. The third-order valence-corrected chi connectivity index (χ3v) is 2.54. The highest BCUT2D eigenvalue weighted by Gasteiger charge is 2.22. The summed E-state index contributed by atoms with van der Waals surface area (Å²) in [6.07, 6.45) is 1.86. The zero-order valence-corrected chi connectivity index (χ0v) is 10.7. The molecule has 0 heterocycles. The van der Waals surface area contributed by atoms with Crippen molar-refractivity contribution in [1.82, 2.24) is 0 Å². The maximum Gasteiger partial charge on any atom is 0.0846 e. The predicted octanol–water partition coefficient (Wildman–Crippen LogP) is 4.07. The van der Waals surface area contributed by atoms with Crippen LogP contribution in [0.2, 0.25) is 5.02 Å². The van der Waals surface area contributed by atoms with E-state index in [2.05, 4.69) is 6.58 Å². The maximum absolute atomic E-state index is 10.1. The summed E-state index contributed by atoms with van der Waals surface area (Å²) in [5, 5.41) is 10.8. The highest BCUT2D eigenvalue weighted by molar-refractivity contribution is 6.32. The van der Waals surface area contributed by atoms with Crippen LogP contribution >= 0.6 is 11.6 Å². The van der Waals surface area contributed by atoms with Gasteiger partial charge in [0.1, 0.15) is 0 Å². The Labute approximate surface area is 102 Å². The molecule has 0 bridgehead atoms. The Morgan fingerprint density at radius 2 is 1.94 bits per heavy atom. The van der Waals surface area contributed by atoms with Gasteiger partial charge in [0, 0.05) is 5.02 Å². The topological polar surface area (TPSA) is 20.2 Å². The minimum absolute atomic E-state index is 0.636. The van der Waals surface area contributed by atoms with Crippen LogP contribution in [0.1, 0.15) is 26.3 Å². The van der Waals surface area contributed by atoms with Crippen LogP contribution in [0.5, 0.6) is 0 Å². The van der Waals surface area contributed by atoms with Crippen molar-refractivity contribution in [3.63, 3.8) is 0 Å². The van der Waals surface area contributed by atoms with E-state index in [-0.39, 0.29) is 0 Å². The summed E-state index contributed by atoms with van der Waals surface area (Å²) in [6.45, 7) is 9.21. The van der Waals surface area contributed by atoms with Gasteiger partial charge in [-0.3, -0.25) is 0 Å². The van der Waals surface area contributed by atoms with E-state index in [0.29, 0.717) is 5.02 Å². The van der Waals surface area contributed by atoms with Gasteiger partial charge in [-0.1, -0.05) is 48.0 Å². The molecular weight excluding hydrogens is 220 g/mol. The van der Waals surface area contributed by atoms with Crippen molar-refractivity contribution in [1.29, 1.82) is 0 Å². The van der Waals surface area contributed by atoms with Crippen LogP contribution in [-0.2, 0) is 0 Å². The van der Waals surface area contributed by atoms with E-state index in [1.165, 1.54) is 0 Å². The Morgan fingerprint density at radius 1 is 1.38 bits per heavy atom. The molecule has 0 aromatic heterocycles. The standard InChI is InChI=1S/C14H17ClO/c1-10(2)9-12(14(3,4)16)11-7-5-6-8-13(11)15/h5-9,16H,1H2,2-4H3/b12-9-. The van der Waals surface area contributed by atoms with Gasteiger partial charge in [-0.15, -0.1) is 0 Å². The largest absolute Gasteiger partial charge is 0.386 e. The van der Waals surface area contributed by atoms with Crippen LogP contribution in [0.25, 0.3) is 5.57 Å². The first-order valence-corrected chi connectivity index (χ1v) is 5.55.